The van der Waals surface area contributed by atoms with E-state index in [1.165, 1.54) is 5.56 Å². The van der Waals surface area contributed by atoms with Gasteiger partial charge in [-0.05, 0) is 43.9 Å². The molecule has 31 heavy (non-hydrogen) atoms. The Morgan fingerprint density at radius 2 is 1.87 bits per heavy atom. The van der Waals surface area contributed by atoms with Crippen molar-refractivity contribution in [2.75, 3.05) is 19.8 Å². The summed E-state index contributed by atoms with van der Waals surface area (Å²) in [5.74, 6) is 0.470. The van der Waals surface area contributed by atoms with Gasteiger partial charge in [0, 0.05) is 31.9 Å². The Hall–Kier alpha value is -2.37. The summed E-state index contributed by atoms with van der Waals surface area (Å²) < 4.78 is 11.6. The molecule has 3 atom stereocenters. The summed E-state index contributed by atoms with van der Waals surface area (Å²) >= 11 is 0. The molecular formula is C26H33NO4. The minimum absolute atomic E-state index is 0.0858. The fraction of sp³-hybridized carbons (Fsp3) is 0.500. The van der Waals surface area contributed by atoms with Crippen molar-refractivity contribution in [1.82, 2.24) is 4.90 Å². The van der Waals surface area contributed by atoms with Crippen LogP contribution in [0.1, 0.15) is 68.7 Å². The molecule has 0 aromatic heterocycles. The monoisotopic (exact) mass is 423 g/mol. The molecule has 0 bridgehead atoms. The van der Waals surface area contributed by atoms with Crippen LogP contribution >= 0.6 is 0 Å². The third-order valence-corrected chi connectivity index (χ3v) is 6.58. The minimum Gasteiger partial charge on any atom is -0.438 e. The van der Waals surface area contributed by atoms with Gasteiger partial charge in [0.2, 0.25) is 0 Å². The highest BCUT2D eigenvalue weighted by atomic mass is 16.6. The molecule has 0 saturated carbocycles. The van der Waals surface area contributed by atoms with E-state index < -0.39 is 11.2 Å². The van der Waals surface area contributed by atoms with E-state index in [9.17, 15) is 9.90 Å². The van der Waals surface area contributed by atoms with Crippen LogP contribution in [0.3, 0.4) is 0 Å². The summed E-state index contributed by atoms with van der Waals surface area (Å²) in [4.78, 5) is 15.0. The SMILES string of the molecule is C[C@@H](c1ccc(C2CCOC2)cc1)N1CC[C@](CC(C)(C)O)(c2ccccc2)OC1=O. The first-order valence-electron chi connectivity index (χ1n) is 11.2. The fourth-order valence-electron chi connectivity index (χ4n) is 4.92. The Morgan fingerprint density at radius 3 is 2.45 bits per heavy atom. The predicted molar refractivity (Wildman–Crippen MR) is 120 cm³/mol. The first-order chi connectivity index (χ1) is 14.8. The van der Waals surface area contributed by atoms with Crippen molar-refractivity contribution in [2.45, 2.75) is 63.2 Å². The van der Waals surface area contributed by atoms with Crippen molar-refractivity contribution in [3.63, 3.8) is 0 Å². The van der Waals surface area contributed by atoms with Crippen LogP contribution in [0.15, 0.2) is 54.6 Å². The smallest absolute Gasteiger partial charge is 0.411 e. The number of benzene rings is 2. The highest BCUT2D eigenvalue weighted by molar-refractivity contribution is 5.70. The summed E-state index contributed by atoms with van der Waals surface area (Å²) in [5.41, 5.74) is 1.54. The summed E-state index contributed by atoms with van der Waals surface area (Å²) in [5, 5.41) is 10.5. The molecule has 2 aliphatic rings. The van der Waals surface area contributed by atoms with Gasteiger partial charge in [0.15, 0.2) is 0 Å². The lowest BCUT2D eigenvalue weighted by Crippen LogP contribution is -2.51. The van der Waals surface area contributed by atoms with E-state index in [0.717, 1.165) is 30.8 Å². The maximum Gasteiger partial charge on any atom is 0.411 e. The van der Waals surface area contributed by atoms with Crippen LogP contribution in [-0.4, -0.2) is 41.5 Å². The van der Waals surface area contributed by atoms with Crippen LogP contribution in [0.5, 0.6) is 0 Å². The lowest BCUT2D eigenvalue weighted by atomic mass is 9.80. The van der Waals surface area contributed by atoms with Crippen molar-refractivity contribution >= 4 is 6.09 Å². The zero-order chi connectivity index (χ0) is 22.1. The first-order valence-corrected chi connectivity index (χ1v) is 11.2. The van der Waals surface area contributed by atoms with E-state index in [4.69, 9.17) is 9.47 Å². The van der Waals surface area contributed by atoms with E-state index in [-0.39, 0.29) is 12.1 Å². The molecule has 1 amide bonds. The van der Waals surface area contributed by atoms with E-state index >= 15 is 0 Å². The normalized spacial score (nSPS) is 25.4. The lowest BCUT2D eigenvalue weighted by molar-refractivity contribution is -0.101. The second-order valence-electron chi connectivity index (χ2n) is 9.56. The number of amides is 1. The summed E-state index contributed by atoms with van der Waals surface area (Å²) in [6.45, 7) is 7.75. The van der Waals surface area contributed by atoms with Gasteiger partial charge in [0.25, 0.3) is 0 Å². The average molecular weight is 424 g/mol. The second-order valence-corrected chi connectivity index (χ2v) is 9.56. The molecule has 0 aliphatic carbocycles. The van der Waals surface area contributed by atoms with Crippen molar-refractivity contribution in [3.05, 3.63) is 71.3 Å². The van der Waals surface area contributed by atoms with Gasteiger partial charge in [-0.3, -0.25) is 0 Å². The van der Waals surface area contributed by atoms with Gasteiger partial charge in [-0.2, -0.15) is 0 Å². The van der Waals surface area contributed by atoms with Gasteiger partial charge in [0.05, 0.1) is 18.2 Å². The quantitative estimate of drug-likeness (QED) is 0.698. The average Bonchev–Trinajstić information content (AvgIpc) is 3.28. The second kappa shape index (κ2) is 8.64. The predicted octanol–water partition coefficient (Wildman–Crippen LogP) is 5.15. The van der Waals surface area contributed by atoms with Gasteiger partial charge in [-0.1, -0.05) is 54.6 Å². The van der Waals surface area contributed by atoms with Gasteiger partial charge >= 0.3 is 6.09 Å². The highest BCUT2D eigenvalue weighted by Gasteiger charge is 2.46. The van der Waals surface area contributed by atoms with E-state index in [2.05, 4.69) is 24.3 Å². The zero-order valence-corrected chi connectivity index (χ0v) is 18.7. The molecular weight excluding hydrogens is 390 g/mol. The van der Waals surface area contributed by atoms with Crippen LogP contribution < -0.4 is 0 Å². The van der Waals surface area contributed by atoms with Crippen molar-refractivity contribution in [1.29, 1.82) is 0 Å². The maximum absolute atomic E-state index is 13.2. The highest BCUT2D eigenvalue weighted by Crippen LogP contribution is 2.42. The van der Waals surface area contributed by atoms with Crippen molar-refractivity contribution in [2.24, 2.45) is 0 Å². The van der Waals surface area contributed by atoms with Crippen LogP contribution in [-0.2, 0) is 15.1 Å². The van der Waals surface area contributed by atoms with Crippen LogP contribution in [0.2, 0.25) is 0 Å². The molecule has 2 aromatic rings. The van der Waals surface area contributed by atoms with Crippen molar-refractivity contribution < 1.29 is 19.4 Å². The third kappa shape index (κ3) is 4.78. The number of hydrogen-bond acceptors (Lipinski definition) is 4. The number of carbonyl (C=O) groups is 1. The molecule has 2 fully saturated rings. The first kappa shape index (κ1) is 21.8. The maximum atomic E-state index is 13.2. The van der Waals surface area contributed by atoms with E-state index in [1.54, 1.807) is 18.7 Å². The van der Waals surface area contributed by atoms with Gasteiger partial charge in [-0.25, -0.2) is 4.79 Å². The fourth-order valence-corrected chi connectivity index (χ4v) is 4.92. The number of cyclic esters (lactones) is 1. The molecule has 0 radical (unpaired) electrons. The molecule has 5 nitrogen and oxygen atoms in total. The summed E-state index contributed by atoms with van der Waals surface area (Å²) in [6, 6.07) is 18.2. The zero-order valence-electron chi connectivity index (χ0n) is 18.7. The van der Waals surface area contributed by atoms with Gasteiger partial charge in [-0.15, -0.1) is 0 Å². The third-order valence-electron chi connectivity index (χ3n) is 6.58. The standard InChI is InChI=1S/C26H33NO4/c1-19(20-9-11-21(12-10-20)22-13-16-30-17-22)27-15-14-26(31-24(27)28,18-25(2,3)29)23-7-5-4-6-8-23/h4-12,19,22,29H,13-18H2,1-3H3/t19-,22?,26-/m0/s1. The molecule has 4 rings (SSSR count). The molecule has 2 heterocycles. The Kier molecular flexibility index (Phi) is 6.09. The molecule has 5 heteroatoms. The van der Waals surface area contributed by atoms with Crippen molar-refractivity contribution in [3.8, 4) is 0 Å². The number of rotatable bonds is 6. The number of nitrogens with zero attached hydrogens (tertiary/aromatic N) is 1. The van der Waals surface area contributed by atoms with Gasteiger partial charge in [0.1, 0.15) is 5.60 Å². The largest absolute Gasteiger partial charge is 0.438 e. The molecule has 2 aromatic carbocycles. The summed E-state index contributed by atoms with van der Waals surface area (Å²) in [7, 11) is 0. The summed E-state index contributed by atoms with van der Waals surface area (Å²) in [6.07, 6.45) is 1.72. The molecule has 2 saturated heterocycles. The number of aliphatic hydroxyl groups is 1. The van der Waals surface area contributed by atoms with Crippen LogP contribution in [0.4, 0.5) is 4.79 Å². The minimum atomic E-state index is -0.955. The van der Waals surface area contributed by atoms with E-state index in [0.29, 0.717) is 25.3 Å². The number of ether oxygens (including phenoxy) is 2. The molecule has 0 spiro atoms. The molecule has 166 valence electrons. The van der Waals surface area contributed by atoms with E-state index in [1.807, 2.05) is 37.3 Å². The molecule has 1 N–H and O–H groups in total. The van der Waals surface area contributed by atoms with Gasteiger partial charge < -0.3 is 19.5 Å². The van der Waals surface area contributed by atoms with Crippen LogP contribution in [0, 0.1) is 0 Å². The molecule has 1 unspecified atom stereocenters. The Balaban J connectivity index is 1.51. The number of hydrogen-bond donors (Lipinski definition) is 1. The lowest BCUT2D eigenvalue weighted by Gasteiger charge is -2.45. The number of carbonyl (C=O) groups excluding carboxylic acids is 1. The topological polar surface area (TPSA) is 59.0 Å². The molecule has 2 aliphatic heterocycles. The Labute approximate surface area is 185 Å². The Bertz CT molecular complexity index is 884. The Morgan fingerprint density at radius 1 is 1.16 bits per heavy atom. The van der Waals surface area contributed by atoms with Crippen LogP contribution in [0.25, 0.3) is 0 Å².